The number of halogens is 2. The molecular weight excluding hydrogens is 304 g/mol. The molecule has 84 valence electrons. The molecule has 0 radical (unpaired) electrons. The van der Waals surface area contributed by atoms with E-state index in [1.165, 1.54) is 0 Å². The second-order valence-electron chi connectivity index (χ2n) is 3.18. The Labute approximate surface area is 102 Å². The molecule has 15 heavy (non-hydrogen) atoms. The van der Waals surface area contributed by atoms with Crippen LogP contribution in [0.4, 0.5) is 0 Å². The van der Waals surface area contributed by atoms with Gasteiger partial charge in [-0.2, -0.15) is 0 Å². The molecule has 0 aromatic heterocycles. The number of aliphatic hydroxyl groups excluding tert-OH is 1. The highest BCUT2D eigenvalue weighted by molar-refractivity contribution is 9.10. The van der Waals surface area contributed by atoms with Crippen molar-refractivity contribution < 1.29 is 13.5 Å². The quantitative estimate of drug-likeness (QED) is 0.869. The predicted molar refractivity (Wildman–Crippen MR) is 63.6 cm³/mol. The fourth-order valence-corrected chi connectivity index (χ4v) is 2.08. The van der Waals surface area contributed by atoms with Crippen molar-refractivity contribution in [2.45, 2.75) is 10.8 Å². The number of alkyl halides is 1. The van der Waals surface area contributed by atoms with Crippen molar-refractivity contribution in [3.05, 3.63) is 34.3 Å². The minimum atomic E-state index is -3.46. The first kappa shape index (κ1) is 13.0. The van der Waals surface area contributed by atoms with Crippen LogP contribution in [0.5, 0.6) is 0 Å². The Bertz CT molecular complexity index is 429. The lowest BCUT2D eigenvalue weighted by atomic mass is 10.1. The van der Waals surface area contributed by atoms with Crippen molar-refractivity contribution >= 4 is 37.4 Å². The first-order valence-corrected chi connectivity index (χ1v) is 7.27. The standard InChI is InChI=1S/C9H10BrClO3S/c1-15(13,14)9(11)8(12)6-2-4-7(10)5-3-6/h2-5,8-9,12H,1H3/t8-,9-/m0/s1. The van der Waals surface area contributed by atoms with Crippen LogP contribution in [0.3, 0.4) is 0 Å². The zero-order valence-corrected chi connectivity index (χ0v) is 11.1. The Morgan fingerprint density at radius 1 is 1.33 bits per heavy atom. The third-order valence-electron chi connectivity index (χ3n) is 1.87. The molecule has 1 rings (SSSR count). The number of rotatable bonds is 3. The minimum absolute atomic E-state index is 0.476. The predicted octanol–water partition coefficient (Wildman–Crippen LogP) is 2.09. The number of hydrogen-bond donors (Lipinski definition) is 1. The fourth-order valence-electron chi connectivity index (χ4n) is 1.05. The minimum Gasteiger partial charge on any atom is -0.386 e. The zero-order valence-electron chi connectivity index (χ0n) is 7.89. The van der Waals surface area contributed by atoms with Gasteiger partial charge >= 0.3 is 0 Å². The Kier molecular flexibility index (Phi) is 4.17. The van der Waals surface area contributed by atoms with Crippen LogP contribution in [0.1, 0.15) is 11.7 Å². The Balaban J connectivity index is 2.95. The van der Waals surface area contributed by atoms with Crippen molar-refractivity contribution in [2.24, 2.45) is 0 Å². The van der Waals surface area contributed by atoms with Crippen LogP contribution in [-0.4, -0.2) is 24.5 Å². The molecule has 0 heterocycles. The maximum Gasteiger partial charge on any atom is 0.167 e. The third kappa shape index (κ3) is 3.45. The monoisotopic (exact) mass is 312 g/mol. The summed E-state index contributed by atoms with van der Waals surface area (Å²) in [6, 6.07) is 6.67. The maximum absolute atomic E-state index is 11.1. The second-order valence-corrected chi connectivity index (χ2v) is 6.99. The lowest BCUT2D eigenvalue weighted by Crippen LogP contribution is -2.21. The topological polar surface area (TPSA) is 54.4 Å². The van der Waals surface area contributed by atoms with Crippen LogP contribution in [0.15, 0.2) is 28.7 Å². The molecule has 0 aliphatic heterocycles. The van der Waals surface area contributed by atoms with E-state index in [1.807, 2.05) is 0 Å². The van der Waals surface area contributed by atoms with E-state index < -0.39 is 20.7 Å². The van der Waals surface area contributed by atoms with Crippen molar-refractivity contribution in [1.82, 2.24) is 0 Å². The number of hydrogen-bond acceptors (Lipinski definition) is 3. The van der Waals surface area contributed by atoms with E-state index in [2.05, 4.69) is 15.9 Å². The molecule has 0 saturated carbocycles. The summed E-state index contributed by atoms with van der Waals surface area (Å²) in [7, 11) is -3.46. The molecule has 0 fully saturated rings. The van der Waals surface area contributed by atoms with Gasteiger partial charge in [-0.1, -0.05) is 28.1 Å². The van der Waals surface area contributed by atoms with Crippen molar-refractivity contribution in [1.29, 1.82) is 0 Å². The summed E-state index contributed by atoms with van der Waals surface area (Å²) >= 11 is 8.87. The first-order chi connectivity index (χ1) is 6.82. The molecule has 1 aromatic rings. The highest BCUT2D eigenvalue weighted by Gasteiger charge is 2.27. The molecule has 1 aromatic carbocycles. The van der Waals surface area contributed by atoms with Crippen molar-refractivity contribution in [3.63, 3.8) is 0 Å². The van der Waals surface area contributed by atoms with E-state index in [4.69, 9.17) is 11.6 Å². The summed E-state index contributed by atoms with van der Waals surface area (Å²) in [6.45, 7) is 0. The van der Waals surface area contributed by atoms with Crippen LogP contribution in [0.25, 0.3) is 0 Å². The van der Waals surface area contributed by atoms with E-state index in [9.17, 15) is 13.5 Å². The van der Waals surface area contributed by atoms with E-state index in [-0.39, 0.29) is 0 Å². The van der Waals surface area contributed by atoms with Gasteiger partial charge in [0.05, 0.1) is 0 Å². The van der Waals surface area contributed by atoms with Gasteiger partial charge in [-0.25, -0.2) is 8.42 Å². The van der Waals surface area contributed by atoms with Gasteiger partial charge < -0.3 is 5.11 Å². The molecule has 1 N–H and O–H groups in total. The molecule has 0 unspecified atom stereocenters. The van der Waals surface area contributed by atoms with Crippen LogP contribution in [-0.2, 0) is 9.84 Å². The van der Waals surface area contributed by atoms with Crippen LogP contribution in [0, 0.1) is 0 Å². The fraction of sp³-hybridized carbons (Fsp3) is 0.333. The van der Waals surface area contributed by atoms with E-state index >= 15 is 0 Å². The highest BCUT2D eigenvalue weighted by atomic mass is 79.9. The largest absolute Gasteiger partial charge is 0.386 e. The Morgan fingerprint density at radius 2 is 1.80 bits per heavy atom. The van der Waals surface area contributed by atoms with Crippen LogP contribution in [0.2, 0.25) is 0 Å². The smallest absolute Gasteiger partial charge is 0.167 e. The van der Waals surface area contributed by atoms with Crippen LogP contribution < -0.4 is 0 Å². The molecule has 3 nitrogen and oxygen atoms in total. The SMILES string of the molecule is CS(=O)(=O)[C@H](Cl)[C@@H](O)c1ccc(Br)cc1. The van der Waals surface area contributed by atoms with Gasteiger partial charge in [-0.15, -0.1) is 11.6 Å². The second kappa shape index (κ2) is 4.82. The van der Waals surface area contributed by atoms with Gasteiger partial charge in [0.25, 0.3) is 0 Å². The average Bonchev–Trinajstić information content (AvgIpc) is 2.15. The van der Waals surface area contributed by atoms with Gasteiger partial charge in [0.15, 0.2) is 14.5 Å². The van der Waals surface area contributed by atoms with Gasteiger partial charge in [0, 0.05) is 10.7 Å². The van der Waals surface area contributed by atoms with E-state index in [1.54, 1.807) is 24.3 Å². The lowest BCUT2D eigenvalue weighted by molar-refractivity contribution is 0.192. The molecule has 0 spiro atoms. The lowest BCUT2D eigenvalue weighted by Gasteiger charge is -2.15. The maximum atomic E-state index is 11.1. The summed E-state index contributed by atoms with van der Waals surface area (Å²) in [6.07, 6.45) is -0.220. The Hall–Kier alpha value is -0.100. The summed E-state index contributed by atoms with van der Waals surface area (Å²) in [5, 5.41) is 9.69. The normalized spacial score (nSPS) is 16.0. The molecule has 0 aliphatic rings. The van der Waals surface area contributed by atoms with E-state index in [0.29, 0.717) is 5.56 Å². The Morgan fingerprint density at radius 3 is 2.20 bits per heavy atom. The molecule has 0 amide bonds. The molecule has 2 atom stereocenters. The number of sulfone groups is 1. The molecule has 0 saturated heterocycles. The first-order valence-electron chi connectivity index (χ1n) is 4.09. The van der Waals surface area contributed by atoms with Gasteiger partial charge in [0.1, 0.15) is 6.10 Å². The van der Waals surface area contributed by atoms with Gasteiger partial charge in [-0.05, 0) is 17.7 Å². The highest BCUT2D eigenvalue weighted by Crippen LogP contribution is 2.25. The molecule has 0 bridgehead atoms. The van der Waals surface area contributed by atoms with Gasteiger partial charge in [0.2, 0.25) is 0 Å². The van der Waals surface area contributed by atoms with Crippen LogP contribution >= 0.6 is 27.5 Å². The van der Waals surface area contributed by atoms with Crippen molar-refractivity contribution in [3.8, 4) is 0 Å². The van der Waals surface area contributed by atoms with E-state index in [0.717, 1.165) is 10.7 Å². The zero-order chi connectivity index (χ0) is 11.6. The summed E-state index contributed by atoms with van der Waals surface area (Å²) in [4.78, 5) is 0. The summed E-state index contributed by atoms with van der Waals surface area (Å²) in [5.74, 6) is 0. The third-order valence-corrected chi connectivity index (χ3v) is 4.68. The summed E-state index contributed by atoms with van der Waals surface area (Å²) in [5.41, 5.74) is 0.476. The number of aliphatic hydroxyl groups is 1. The molecule has 0 aliphatic carbocycles. The number of benzene rings is 1. The van der Waals surface area contributed by atoms with Gasteiger partial charge in [-0.3, -0.25) is 0 Å². The van der Waals surface area contributed by atoms with Crippen molar-refractivity contribution in [2.75, 3.05) is 6.26 Å². The summed E-state index contributed by atoms with van der Waals surface area (Å²) < 4.78 is 21.8. The molecule has 6 heteroatoms. The molecular formula is C9H10BrClO3S. The average molecular weight is 314 g/mol.